The van der Waals surface area contributed by atoms with Crippen molar-refractivity contribution >= 4 is 29.3 Å². The van der Waals surface area contributed by atoms with Crippen molar-refractivity contribution < 1.29 is 14.3 Å². The van der Waals surface area contributed by atoms with E-state index in [1.54, 1.807) is 18.9 Å². The smallest absolute Gasteiger partial charge is 0.254 e. The highest BCUT2D eigenvalue weighted by Gasteiger charge is 2.44. The Labute approximate surface area is 216 Å². The molecule has 2 saturated heterocycles. The fourth-order valence-electron chi connectivity index (χ4n) is 5.19. The molecule has 0 radical (unpaired) electrons. The summed E-state index contributed by atoms with van der Waals surface area (Å²) in [6, 6.07) is 22.5. The fraction of sp³-hybridized carbons (Fsp3) is 0.345. The van der Waals surface area contributed by atoms with E-state index in [0.717, 1.165) is 59.0 Å². The van der Waals surface area contributed by atoms with E-state index in [0.29, 0.717) is 5.02 Å². The zero-order valence-electron chi connectivity index (χ0n) is 20.1. The summed E-state index contributed by atoms with van der Waals surface area (Å²) in [6.07, 6.45) is 3.86. The number of benzene rings is 3. The summed E-state index contributed by atoms with van der Waals surface area (Å²) in [4.78, 5) is 16.7. The fourth-order valence-corrected chi connectivity index (χ4v) is 6.25. The van der Waals surface area contributed by atoms with Crippen LogP contribution in [-0.2, 0) is 5.75 Å². The van der Waals surface area contributed by atoms with Crippen molar-refractivity contribution in [1.82, 2.24) is 4.90 Å². The second-order valence-corrected chi connectivity index (χ2v) is 10.9. The molecule has 2 bridgehead atoms. The standard InChI is InChI=1S/C29H30ClNO3S/c1-19-6-13-27(30)28(14-19)34-25-15-22-11-12-23(16-25)31(22)29(32)21-9-7-20(8-10-21)18-35-26-5-3-4-24(17-26)33-2/h3-10,13-14,17,22-23,25H,11-12,15-16,18H2,1-2H3. The maximum atomic E-state index is 13.4. The van der Waals surface area contributed by atoms with E-state index < -0.39 is 0 Å². The molecule has 5 rings (SSSR count). The number of hydrogen-bond acceptors (Lipinski definition) is 4. The van der Waals surface area contributed by atoms with Crippen molar-refractivity contribution in [3.63, 3.8) is 0 Å². The predicted molar refractivity (Wildman–Crippen MR) is 142 cm³/mol. The highest BCUT2D eigenvalue weighted by atomic mass is 35.5. The first-order valence-electron chi connectivity index (χ1n) is 12.1. The van der Waals surface area contributed by atoms with Crippen LogP contribution in [0.1, 0.15) is 47.2 Å². The molecule has 182 valence electrons. The summed E-state index contributed by atoms with van der Waals surface area (Å²) in [5.41, 5.74) is 3.09. The van der Waals surface area contributed by atoms with Gasteiger partial charge in [-0.3, -0.25) is 4.79 Å². The van der Waals surface area contributed by atoms with Crippen molar-refractivity contribution in [3.8, 4) is 11.5 Å². The lowest BCUT2D eigenvalue weighted by Gasteiger charge is -2.39. The maximum absolute atomic E-state index is 13.4. The molecule has 0 spiro atoms. The second-order valence-electron chi connectivity index (χ2n) is 9.41. The van der Waals surface area contributed by atoms with Gasteiger partial charge in [0, 0.05) is 41.1 Å². The van der Waals surface area contributed by atoms with E-state index in [2.05, 4.69) is 23.1 Å². The van der Waals surface area contributed by atoms with Crippen LogP contribution in [-0.4, -0.2) is 36.1 Å². The molecular formula is C29H30ClNO3S. The molecule has 1 amide bonds. The molecule has 4 nitrogen and oxygen atoms in total. The lowest BCUT2D eigenvalue weighted by molar-refractivity contribution is 0.0359. The van der Waals surface area contributed by atoms with Gasteiger partial charge in [-0.05, 0) is 73.4 Å². The lowest BCUT2D eigenvalue weighted by Crippen LogP contribution is -2.49. The number of ether oxygens (including phenoxy) is 2. The molecule has 0 saturated carbocycles. The van der Waals surface area contributed by atoms with Crippen LogP contribution < -0.4 is 9.47 Å². The summed E-state index contributed by atoms with van der Waals surface area (Å²) in [6.45, 7) is 2.04. The Balaban J connectivity index is 1.20. The monoisotopic (exact) mass is 507 g/mol. The second kappa shape index (κ2) is 10.5. The van der Waals surface area contributed by atoms with Gasteiger partial charge < -0.3 is 14.4 Å². The number of amides is 1. The minimum Gasteiger partial charge on any atom is -0.497 e. The molecule has 6 heteroatoms. The number of rotatable bonds is 7. The Hall–Kier alpha value is -2.63. The molecule has 3 aromatic rings. The largest absolute Gasteiger partial charge is 0.497 e. The number of halogens is 1. The molecule has 2 heterocycles. The molecule has 0 N–H and O–H groups in total. The first-order valence-corrected chi connectivity index (χ1v) is 13.5. The van der Waals surface area contributed by atoms with Gasteiger partial charge in [-0.2, -0.15) is 0 Å². The molecular weight excluding hydrogens is 478 g/mol. The summed E-state index contributed by atoms with van der Waals surface area (Å²) in [5.74, 6) is 2.59. The van der Waals surface area contributed by atoms with E-state index in [1.807, 2.05) is 55.5 Å². The molecule has 2 aliphatic rings. The van der Waals surface area contributed by atoms with Crippen molar-refractivity contribution in [1.29, 1.82) is 0 Å². The molecule has 3 aromatic carbocycles. The van der Waals surface area contributed by atoms with Crippen LogP contribution in [0.15, 0.2) is 71.6 Å². The van der Waals surface area contributed by atoms with E-state index in [4.69, 9.17) is 21.1 Å². The third kappa shape index (κ3) is 5.46. The predicted octanol–water partition coefficient (Wildman–Crippen LogP) is 7.16. The SMILES string of the molecule is COc1cccc(SCc2ccc(C(=O)N3C4CCC3CC(Oc3cc(C)ccc3Cl)C4)cc2)c1. The van der Waals surface area contributed by atoms with Gasteiger partial charge in [-0.1, -0.05) is 35.9 Å². The summed E-state index contributed by atoms with van der Waals surface area (Å²) in [7, 11) is 1.68. The van der Waals surface area contributed by atoms with Crippen molar-refractivity contribution in [2.24, 2.45) is 0 Å². The van der Waals surface area contributed by atoms with Crippen LogP contribution in [0.25, 0.3) is 0 Å². The van der Waals surface area contributed by atoms with E-state index in [1.165, 1.54) is 5.56 Å². The number of methoxy groups -OCH3 is 1. The zero-order valence-corrected chi connectivity index (χ0v) is 21.6. The van der Waals surface area contributed by atoms with Gasteiger partial charge in [0.2, 0.25) is 0 Å². The number of fused-ring (bicyclic) bond motifs is 2. The van der Waals surface area contributed by atoms with E-state index in [-0.39, 0.29) is 24.1 Å². The van der Waals surface area contributed by atoms with Gasteiger partial charge in [0.25, 0.3) is 5.91 Å². The van der Waals surface area contributed by atoms with Crippen LogP contribution in [0, 0.1) is 6.92 Å². The highest BCUT2D eigenvalue weighted by molar-refractivity contribution is 7.98. The number of nitrogens with zero attached hydrogens (tertiary/aromatic N) is 1. The zero-order chi connectivity index (χ0) is 24.4. The number of thioether (sulfide) groups is 1. The van der Waals surface area contributed by atoms with Gasteiger partial charge in [-0.25, -0.2) is 0 Å². The van der Waals surface area contributed by atoms with Crippen LogP contribution in [0.4, 0.5) is 0 Å². The normalized spacial score (nSPS) is 21.1. The Kier molecular flexibility index (Phi) is 7.26. The van der Waals surface area contributed by atoms with Crippen molar-refractivity contribution in [2.45, 2.75) is 61.4 Å². The Bertz CT molecular complexity index is 1180. The highest BCUT2D eigenvalue weighted by Crippen LogP contribution is 2.39. The van der Waals surface area contributed by atoms with E-state index in [9.17, 15) is 4.79 Å². The minimum absolute atomic E-state index is 0.0897. The van der Waals surface area contributed by atoms with Gasteiger partial charge in [-0.15, -0.1) is 11.8 Å². The Morgan fingerprint density at radius 1 is 1.03 bits per heavy atom. The summed E-state index contributed by atoms with van der Waals surface area (Å²) >= 11 is 8.11. The van der Waals surface area contributed by atoms with Crippen LogP contribution in [0.3, 0.4) is 0 Å². The Morgan fingerprint density at radius 2 is 1.77 bits per heavy atom. The minimum atomic E-state index is 0.0897. The summed E-state index contributed by atoms with van der Waals surface area (Å²) in [5, 5.41) is 0.645. The van der Waals surface area contributed by atoms with Crippen LogP contribution in [0.2, 0.25) is 5.02 Å². The van der Waals surface area contributed by atoms with Crippen LogP contribution in [0.5, 0.6) is 11.5 Å². The molecule has 0 aliphatic carbocycles. The number of aryl methyl sites for hydroxylation is 1. The molecule has 2 aliphatic heterocycles. The topological polar surface area (TPSA) is 38.8 Å². The van der Waals surface area contributed by atoms with E-state index >= 15 is 0 Å². The number of hydrogen-bond donors (Lipinski definition) is 0. The van der Waals surface area contributed by atoms with Gasteiger partial charge in [0.1, 0.15) is 17.6 Å². The van der Waals surface area contributed by atoms with Gasteiger partial charge in [0.15, 0.2) is 0 Å². The average molecular weight is 508 g/mol. The molecule has 2 fully saturated rings. The Morgan fingerprint density at radius 3 is 2.49 bits per heavy atom. The molecule has 35 heavy (non-hydrogen) atoms. The number of carbonyl (C=O) groups excluding carboxylic acids is 1. The number of piperidine rings is 1. The maximum Gasteiger partial charge on any atom is 0.254 e. The molecule has 2 unspecified atom stereocenters. The van der Waals surface area contributed by atoms with Crippen molar-refractivity contribution in [2.75, 3.05) is 7.11 Å². The number of carbonyl (C=O) groups is 1. The molecule has 0 aromatic heterocycles. The first-order chi connectivity index (χ1) is 17.0. The van der Waals surface area contributed by atoms with Crippen molar-refractivity contribution in [3.05, 3.63) is 88.4 Å². The first kappa shape index (κ1) is 24.1. The summed E-state index contributed by atoms with van der Waals surface area (Å²) < 4.78 is 11.6. The van der Waals surface area contributed by atoms with Gasteiger partial charge in [0.05, 0.1) is 12.1 Å². The quantitative estimate of drug-likeness (QED) is 0.318. The third-order valence-corrected chi connectivity index (χ3v) is 8.33. The third-order valence-electron chi connectivity index (χ3n) is 6.95. The molecule has 2 atom stereocenters. The van der Waals surface area contributed by atoms with Gasteiger partial charge >= 0.3 is 0 Å². The lowest BCUT2D eigenvalue weighted by atomic mass is 9.98. The average Bonchev–Trinajstić information content (AvgIpc) is 3.15. The van der Waals surface area contributed by atoms with Crippen LogP contribution >= 0.6 is 23.4 Å².